The number of amides is 1. The first kappa shape index (κ1) is 11.4. The van der Waals surface area contributed by atoms with Gasteiger partial charge in [0, 0.05) is 10.6 Å². The van der Waals surface area contributed by atoms with Crippen LogP contribution in [0.15, 0.2) is 23.1 Å². The van der Waals surface area contributed by atoms with Gasteiger partial charge < -0.3 is 15.8 Å². The first-order valence-electron chi connectivity index (χ1n) is 4.77. The number of halogens is 1. The van der Waals surface area contributed by atoms with E-state index in [9.17, 15) is 4.79 Å². The molecular formula is C10H11ClN2O2S. The van der Waals surface area contributed by atoms with Crippen LogP contribution in [0.4, 0.5) is 10.5 Å². The molecule has 16 heavy (non-hydrogen) atoms. The van der Waals surface area contributed by atoms with Crippen LogP contribution in [0, 0.1) is 0 Å². The van der Waals surface area contributed by atoms with Gasteiger partial charge in [-0.1, -0.05) is 11.6 Å². The van der Waals surface area contributed by atoms with Gasteiger partial charge in [0.1, 0.15) is 6.10 Å². The molecule has 1 unspecified atom stereocenters. The van der Waals surface area contributed by atoms with Gasteiger partial charge in [-0.3, -0.25) is 0 Å². The number of nitrogens with two attached hydrogens (primary N) is 1. The molecule has 1 aromatic rings. The lowest BCUT2D eigenvalue weighted by atomic mass is 10.3. The molecule has 1 heterocycles. The van der Waals surface area contributed by atoms with Crippen molar-refractivity contribution in [2.75, 3.05) is 18.0 Å². The normalized spacial score (nSPS) is 19.3. The van der Waals surface area contributed by atoms with E-state index in [1.807, 2.05) is 12.1 Å². The monoisotopic (exact) mass is 258 g/mol. The van der Waals surface area contributed by atoms with Crippen LogP contribution < -0.4 is 11.1 Å². The Kier molecular flexibility index (Phi) is 3.46. The second kappa shape index (κ2) is 4.84. The molecule has 0 bridgehead atoms. The highest BCUT2D eigenvalue weighted by Gasteiger charge is 2.22. The summed E-state index contributed by atoms with van der Waals surface area (Å²) in [4.78, 5) is 11.8. The molecule has 1 aliphatic heterocycles. The highest BCUT2D eigenvalue weighted by atomic mass is 35.5. The molecular weight excluding hydrogens is 248 g/mol. The summed E-state index contributed by atoms with van der Waals surface area (Å²) in [5, 5.41) is 3.15. The maximum atomic E-state index is 10.8. The van der Waals surface area contributed by atoms with Gasteiger partial charge in [0.25, 0.3) is 0 Å². The van der Waals surface area contributed by atoms with Crippen LogP contribution >= 0.6 is 23.4 Å². The lowest BCUT2D eigenvalue weighted by Gasteiger charge is -2.07. The third-order valence-corrected chi connectivity index (χ3v) is 3.61. The predicted octanol–water partition coefficient (Wildman–Crippen LogP) is 2.12. The fourth-order valence-corrected chi connectivity index (χ4v) is 2.49. The van der Waals surface area contributed by atoms with Crippen molar-refractivity contribution in [1.29, 1.82) is 0 Å². The molecule has 6 heteroatoms. The molecule has 1 fully saturated rings. The third-order valence-electron chi connectivity index (χ3n) is 2.16. The number of carbonyl (C=O) groups excluding carboxylic acids is 1. The Balaban J connectivity index is 1.89. The van der Waals surface area contributed by atoms with Crippen LogP contribution in [0.5, 0.6) is 0 Å². The first-order chi connectivity index (χ1) is 7.65. The molecule has 0 aliphatic carbocycles. The number of carbonyl (C=O) groups is 1. The Morgan fingerprint density at radius 3 is 3.06 bits per heavy atom. The molecule has 3 N–H and O–H groups in total. The molecule has 1 saturated heterocycles. The van der Waals surface area contributed by atoms with Crippen molar-refractivity contribution < 1.29 is 9.53 Å². The van der Waals surface area contributed by atoms with Crippen LogP contribution in [-0.4, -0.2) is 24.5 Å². The molecule has 1 aromatic carbocycles. The van der Waals surface area contributed by atoms with E-state index in [0.29, 0.717) is 23.0 Å². The van der Waals surface area contributed by atoms with Gasteiger partial charge in [-0.25, -0.2) is 4.79 Å². The number of nitrogens with one attached hydrogen (secondary N) is 1. The molecule has 1 atom stereocenters. The Hall–Kier alpha value is -1.07. The second-order valence-corrected chi connectivity index (χ2v) is 4.90. The molecule has 0 spiro atoms. The van der Waals surface area contributed by atoms with Crippen molar-refractivity contribution in [3.63, 3.8) is 0 Å². The van der Waals surface area contributed by atoms with Gasteiger partial charge in [-0.15, -0.1) is 11.8 Å². The minimum atomic E-state index is -0.346. The van der Waals surface area contributed by atoms with Crippen molar-refractivity contribution in [1.82, 2.24) is 5.32 Å². The van der Waals surface area contributed by atoms with Crippen LogP contribution in [0.3, 0.4) is 0 Å². The summed E-state index contributed by atoms with van der Waals surface area (Å²) in [7, 11) is 0. The fourth-order valence-electron chi connectivity index (χ4n) is 1.31. The summed E-state index contributed by atoms with van der Waals surface area (Å²) in [6, 6.07) is 5.48. The van der Waals surface area contributed by atoms with Crippen molar-refractivity contribution in [2.24, 2.45) is 0 Å². The van der Waals surface area contributed by atoms with Crippen molar-refractivity contribution in [3.05, 3.63) is 23.2 Å². The summed E-state index contributed by atoms with van der Waals surface area (Å²) >= 11 is 7.48. The molecule has 86 valence electrons. The van der Waals surface area contributed by atoms with Crippen LogP contribution in [-0.2, 0) is 4.74 Å². The van der Waals surface area contributed by atoms with E-state index in [1.165, 1.54) is 0 Å². The summed E-state index contributed by atoms with van der Waals surface area (Å²) < 4.78 is 5.01. The Morgan fingerprint density at radius 1 is 1.62 bits per heavy atom. The van der Waals surface area contributed by atoms with Crippen molar-refractivity contribution in [2.45, 2.75) is 11.0 Å². The first-order valence-corrected chi connectivity index (χ1v) is 6.14. The number of alkyl carbamates (subject to hydrolysis) is 1. The number of hydrogen-bond acceptors (Lipinski definition) is 4. The average Bonchev–Trinajstić information content (AvgIpc) is 2.66. The molecule has 2 rings (SSSR count). The Bertz CT molecular complexity index is 414. The number of anilines is 1. The summed E-state index contributed by atoms with van der Waals surface area (Å²) in [5.74, 6) is 0.707. The Labute approximate surface area is 102 Å². The van der Waals surface area contributed by atoms with E-state index < -0.39 is 0 Å². The minimum absolute atomic E-state index is 0.0752. The van der Waals surface area contributed by atoms with Gasteiger partial charge in [0.2, 0.25) is 0 Å². The van der Waals surface area contributed by atoms with E-state index in [-0.39, 0.29) is 12.2 Å². The van der Waals surface area contributed by atoms with Gasteiger partial charge in [-0.05, 0) is 18.2 Å². The Morgan fingerprint density at radius 2 is 2.44 bits per heavy atom. The summed E-state index contributed by atoms with van der Waals surface area (Å²) in [6.45, 7) is 0.564. The number of benzene rings is 1. The van der Waals surface area contributed by atoms with Crippen molar-refractivity contribution in [3.8, 4) is 0 Å². The third kappa shape index (κ3) is 2.74. The van der Waals surface area contributed by atoms with E-state index in [2.05, 4.69) is 5.32 Å². The molecule has 0 saturated carbocycles. The maximum Gasteiger partial charge on any atom is 0.407 e. The van der Waals surface area contributed by atoms with Gasteiger partial charge in [-0.2, -0.15) is 0 Å². The second-order valence-electron chi connectivity index (χ2n) is 3.40. The van der Waals surface area contributed by atoms with Gasteiger partial charge >= 0.3 is 6.09 Å². The van der Waals surface area contributed by atoms with Crippen LogP contribution in [0.25, 0.3) is 0 Å². The smallest absolute Gasteiger partial charge is 0.407 e. The average molecular weight is 259 g/mol. The van der Waals surface area contributed by atoms with Gasteiger partial charge in [0.05, 0.1) is 17.3 Å². The lowest BCUT2D eigenvalue weighted by molar-refractivity contribution is 0.150. The molecule has 0 radical (unpaired) electrons. The number of ether oxygens (including phenoxy) is 1. The largest absolute Gasteiger partial charge is 0.443 e. The zero-order valence-corrected chi connectivity index (χ0v) is 9.98. The summed E-state index contributed by atoms with van der Waals surface area (Å²) in [5.41, 5.74) is 6.17. The minimum Gasteiger partial charge on any atom is -0.443 e. The van der Waals surface area contributed by atoms with E-state index in [1.54, 1.807) is 17.8 Å². The maximum absolute atomic E-state index is 10.8. The molecule has 1 aliphatic rings. The molecule has 1 amide bonds. The predicted molar refractivity (Wildman–Crippen MR) is 64.9 cm³/mol. The standard InChI is InChI=1S/C10H11ClN2O2S/c11-8-3-7(1-2-9(8)12)16-5-6-4-13-10(14)15-6/h1-3,6H,4-5,12H2,(H,13,14). The molecule has 0 aromatic heterocycles. The van der Waals surface area contributed by atoms with E-state index in [4.69, 9.17) is 22.1 Å². The number of nitrogen functional groups attached to an aromatic ring is 1. The quantitative estimate of drug-likeness (QED) is 0.644. The highest BCUT2D eigenvalue weighted by Crippen LogP contribution is 2.27. The van der Waals surface area contributed by atoms with Crippen LogP contribution in [0.2, 0.25) is 5.02 Å². The zero-order valence-electron chi connectivity index (χ0n) is 8.40. The van der Waals surface area contributed by atoms with Gasteiger partial charge in [0.15, 0.2) is 0 Å². The SMILES string of the molecule is Nc1ccc(SCC2CNC(=O)O2)cc1Cl. The molecule has 4 nitrogen and oxygen atoms in total. The summed E-state index contributed by atoms with van der Waals surface area (Å²) in [6.07, 6.45) is -0.422. The number of rotatable bonds is 3. The zero-order chi connectivity index (χ0) is 11.5. The van der Waals surface area contributed by atoms with Crippen molar-refractivity contribution >= 4 is 35.1 Å². The fraction of sp³-hybridized carbons (Fsp3) is 0.300. The number of thioether (sulfide) groups is 1. The highest BCUT2D eigenvalue weighted by molar-refractivity contribution is 7.99. The number of cyclic esters (lactones) is 1. The topological polar surface area (TPSA) is 64.3 Å². The van der Waals surface area contributed by atoms with E-state index in [0.717, 1.165) is 4.90 Å². The van der Waals surface area contributed by atoms with E-state index >= 15 is 0 Å². The lowest BCUT2D eigenvalue weighted by Crippen LogP contribution is -2.16. The number of hydrogen-bond donors (Lipinski definition) is 2. The van der Waals surface area contributed by atoms with Crippen LogP contribution in [0.1, 0.15) is 0 Å².